The molecule has 0 saturated carbocycles. The van der Waals surface area contributed by atoms with Crippen LogP contribution in [-0.2, 0) is 14.8 Å². The van der Waals surface area contributed by atoms with Crippen LogP contribution in [-0.4, -0.2) is 27.9 Å². The van der Waals surface area contributed by atoms with Crippen molar-refractivity contribution in [2.75, 3.05) is 0 Å². The highest BCUT2D eigenvalue weighted by Crippen LogP contribution is 2.21. The molecule has 1 N–H and O–H groups in total. The standard InChI is InChI=1S/C8H16F3NO3SSi/c1-17(2,3)6-4-5-7(13)12-16(14,15)8(9,10)11/h4-6H2,1-3H3,(H,12,13). The van der Waals surface area contributed by atoms with Crippen LogP contribution in [0.3, 0.4) is 0 Å². The van der Waals surface area contributed by atoms with Gasteiger partial charge in [-0.25, -0.2) is 4.72 Å². The minimum atomic E-state index is -5.55. The van der Waals surface area contributed by atoms with Gasteiger partial charge in [0.25, 0.3) is 0 Å². The van der Waals surface area contributed by atoms with Crippen LogP contribution in [0.25, 0.3) is 0 Å². The quantitative estimate of drug-likeness (QED) is 0.789. The van der Waals surface area contributed by atoms with Gasteiger partial charge in [0.2, 0.25) is 5.91 Å². The van der Waals surface area contributed by atoms with E-state index in [0.717, 1.165) is 10.8 Å². The lowest BCUT2D eigenvalue weighted by molar-refractivity contribution is -0.120. The molecule has 0 aliphatic heterocycles. The molecule has 0 bridgehead atoms. The van der Waals surface area contributed by atoms with Crippen LogP contribution in [0.5, 0.6) is 0 Å². The Balaban J connectivity index is 4.22. The molecular weight excluding hydrogens is 275 g/mol. The lowest BCUT2D eigenvalue weighted by Gasteiger charge is -2.15. The number of halogens is 3. The molecule has 9 heteroatoms. The summed E-state index contributed by atoms with van der Waals surface area (Å²) in [7, 11) is -6.92. The predicted molar refractivity (Wildman–Crippen MR) is 60.5 cm³/mol. The number of alkyl halides is 3. The molecule has 0 atom stereocenters. The number of amides is 1. The smallest absolute Gasteiger partial charge is 0.274 e. The number of carbonyl (C=O) groups is 1. The third kappa shape index (κ3) is 6.67. The second kappa shape index (κ2) is 5.38. The fourth-order valence-corrected chi connectivity index (χ4v) is 2.79. The van der Waals surface area contributed by atoms with Crippen molar-refractivity contribution in [2.45, 2.75) is 44.0 Å². The molecule has 0 spiro atoms. The molecule has 0 radical (unpaired) electrons. The third-order valence-electron chi connectivity index (χ3n) is 1.88. The Labute approximate surface area is 99.6 Å². The second-order valence-electron chi connectivity index (χ2n) is 4.89. The van der Waals surface area contributed by atoms with E-state index in [1.807, 2.05) is 0 Å². The number of rotatable bonds is 5. The number of carbonyl (C=O) groups excluding carboxylic acids is 1. The summed E-state index contributed by atoms with van der Waals surface area (Å²) in [6.07, 6.45) is 0.189. The van der Waals surface area contributed by atoms with E-state index in [9.17, 15) is 26.4 Å². The van der Waals surface area contributed by atoms with E-state index < -0.39 is 29.5 Å². The first kappa shape index (κ1) is 16.4. The van der Waals surface area contributed by atoms with Crippen LogP contribution >= 0.6 is 0 Å². The van der Waals surface area contributed by atoms with Gasteiger partial charge in [0, 0.05) is 14.5 Å². The first-order chi connectivity index (χ1) is 7.35. The van der Waals surface area contributed by atoms with Crippen molar-refractivity contribution in [1.29, 1.82) is 0 Å². The third-order valence-corrected chi connectivity index (χ3v) is 4.84. The molecule has 0 fully saturated rings. The van der Waals surface area contributed by atoms with Crippen molar-refractivity contribution in [3.63, 3.8) is 0 Å². The molecule has 0 heterocycles. The van der Waals surface area contributed by atoms with E-state index in [4.69, 9.17) is 0 Å². The molecule has 0 aromatic carbocycles. The van der Waals surface area contributed by atoms with Crippen molar-refractivity contribution in [3.05, 3.63) is 0 Å². The molecule has 4 nitrogen and oxygen atoms in total. The first-order valence-corrected chi connectivity index (χ1v) is 10.2. The van der Waals surface area contributed by atoms with E-state index in [1.54, 1.807) is 0 Å². The second-order valence-corrected chi connectivity index (χ2v) is 12.2. The summed E-state index contributed by atoms with van der Waals surface area (Å²) >= 11 is 0. The molecule has 1 amide bonds. The van der Waals surface area contributed by atoms with E-state index in [-0.39, 0.29) is 6.42 Å². The highest BCUT2D eigenvalue weighted by Gasteiger charge is 2.46. The van der Waals surface area contributed by atoms with E-state index >= 15 is 0 Å². The van der Waals surface area contributed by atoms with Crippen LogP contribution in [0.2, 0.25) is 25.7 Å². The van der Waals surface area contributed by atoms with Crippen LogP contribution < -0.4 is 4.72 Å². The Morgan fingerprint density at radius 1 is 1.24 bits per heavy atom. The average molecular weight is 291 g/mol. The van der Waals surface area contributed by atoms with Gasteiger partial charge >= 0.3 is 15.5 Å². The Morgan fingerprint density at radius 2 is 1.71 bits per heavy atom. The Kier molecular flexibility index (Phi) is 5.20. The molecule has 17 heavy (non-hydrogen) atoms. The largest absolute Gasteiger partial charge is 0.516 e. The maximum absolute atomic E-state index is 11.9. The summed E-state index contributed by atoms with van der Waals surface area (Å²) in [5, 5.41) is 0. The molecular formula is C8H16F3NO3SSi. The average Bonchev–Trinajstić information content (AvgIpc) is 1.97. The zero-order valence-corrected chi connectivity index (χ0v) is 11.7. The number of nitrogens with one attached hydrogen (secondary N) is 1. The van der Waals surface area contributed by atoms with Crippen molar-refractivity contribution in [3.8, 4) is 0 Å². The molecule has 0 aromatic rings. The molecule has 0 saturated heterocycles. The highest BCUT2D eigenvalue weighted by molar-refractivity contribution is 7.90. The van der Waals surface area contributed by atoms with Crippen LogP contribution in [0.1, 0.15) is 12.8 Å². The van der Waals surface area contributed by atoms with Crippen molar-refractivity contribution >= 4 is 24.0 Å². The summed E-state index contributed by atoms with van der Waals surface area (Å²) in [4.78, 5) is 11.0. The van der Waals surface area contributed by atoms with Crippen LogP contribution in [0.4, 0.5) is 13.2 Å². The van der Waals surface area contributed by atoms with Crippen LogP contribution in [0.15, 0.2) is 0 Å². The minimum Gasteiger partial charge on any atom is -0.274 e. The topological polar surface area (TPSA) is 63.2 Å². The fraction of sp³-hybridized carbons (Fsp3) is 0.875. The minimum absolute atomic E-state index is 0.209. The van der Waals surface area contributed by atoms with Crippen molar-refractivity contribution in [2.24, 2.45) is 0 Å². The highest BCUT2D eigenvalue weighted by atomic mass is 32.2. The molecule has 0 unspecified atom stereocenters. The van der Waals surface area contributed by atoms with E-state index in [2.05, 4.69) is 19.6 Å². The predicted octanol–water partition coefficient (Wildman–Crippen LogP) is 2.07. The Morgan fingerprint density at radius 3 is 2.06 bits per heavy atom. The molecule has 0 aliphatic rings. The first-order valence-electron chi connectivity index (χ1n) is 4.97. The zero-order valence-electron chi connectivity index (χ0n) is 9.89. The van der Waals surface area contributed by atoms with Gasteiger partial charge < -0.3 is 0 Å². The summed E-state index contributed by atoms with van der Waals surface area (Å²) < 4.78 is 57.9. The van der Waals surface area contributed by atoms with Gasteiger partial charge in [0.05, 0.1) is 0 Å². The Bertz CT molecular complexity index is 372. The number of hydrogen-bond donors (Lipinski definition) is 1. The van der Waals surface area contributed by atoms with Gasteiger partial charge in [-0.05, 0) is 6.42 Å². The van der Waals surface area contributed by atoms with Gasteiger partial charge in [-0.3, -0.25) is 4.79 Å². The SMILES string of the molecule is C[Si](C)(C)CCCC(=O)NS(=O)(=O)C(F)(F)F. The van der Waals surface area contributed by atoms with Gasteiger partial charge in [-0.15, -0.1) is 0 Å². The number of hydrogen-bond acceptors (Lipinski definition) is 3. The van der Waals surface area contributed by atoms with Gasteiger partial charge in [-0.2, -0.15) is 21.6 Å². The number of sulfonamides is 1. The van der Waals surface area contributed by atoms with Gasteiger partial charge in [-0.1, -0.05) is 25.7 Å². The molecule has 0 aliphatic carbocycles. The van der Waals surface area contributed by atoms with Crippen molar-refractivity contribution < 1.29 is 26.4 Å². The maximum Gasteiger partial charge on any atom is 0.516 e. The van der Waals surface area contributed by atoms with Gasteiger partial charge in [0.15, 0.2) is 0 Å². The lowest BCUT2D eigenvalue weighted by atomic mass is 10.3. The summed E-state index contributed by atoms with van der Waals surface area (Å²) in [6.45, 7) is 6.16. The van der Waals surface area contributed by atoms with Crippen molar-refractivity contribution in [1.82, 2.24) is 4.72 Å². The summed E-state index contributed by atoms with van der Waals surface area (Å²) in [5.41, 5.74) is -5.44. The Hall–Kier alpha value is -0.573. The monoisotopic (exact) mass is 291 g/mol. The zero-order chi connectivity index (χ0) is 13.9. The van der Waals surface area contributed by atoms with E-state index in [1.165, 1.54) is 0 Å². The summed E-state index contributed by atoms with van der Waals surface area (Å²) in [6, 6.07) is 0.756. The fourth-order valence-electron chi connectivity index (χ4n) is 1.04. The van der Waals surface area contributed by atoms with Gasteiger partial charge in [0.1, 0.15) is 0 Å². The summed E-state index contributed by atoms with van der Waals surface area (Å²) in [5.74, 6) is -1.11. The lowest BCUT2D eigenvalue weighted by Crippen LogP contribution is -2.40. The molecule has 102 valence electrons. The normalized spacial score (nSPS) is 13.5. The van der Waals surface area contributed by atoms with E-state index in [0.29, 0.717) is 6.42 Å². The molecule has 0 aromatic heterocycles. The van der Waals surface area contributed by atoms with Crippen LogP contribution in [0, 0.1) is 0 Å². The maximum atomic E-state index is 11.9. The molecule has 0 rings (SSSR count).